The molecule has 1 aliphatic heterocycles. The number of benzene rings is 1. The third-order valence-corrected chi connectivity index (χ3v) is 3.30. The number of ketones is 1. The number of Topliss-reactive ketones (excluding diaryl/α,β-unsaturated/α-hetero) is 1. The molecule has 1 heterocycles. The standard InChI is InChI=1S/C18H24O6/c1-17(2,3)23-24-18(4,16(20)22-12-14-11-21-14)10-15(19)13-8-6-5-7-9-13/h5-9,14H,10-12H2,1-4H3. The van der Waals surface area contributed by atoms with Gasteiger partial charge in [-0.25, -0.2) is 14.6 Å². The highest BCUT2D eigenvalue weighted by Crippen LogP contribution is 2.25. The van der Waals surface area contributed by atoms with Crippen LogP contribution in [-0.4, -0.2) is 42.3 Å². The van der Waals surface area contributed by atoms with Gasteiger partial charge in [0.25, 0.3) is 0 Å². The zero-order chi connectivity index (χ0) is 17.8. The van der Waals surface area contributed by atoms with Crippen molar-refractivity contribution >= 4 is 11.8 Å². The maximum Gasteiger partial charge on any atom is 0.342 e. The molecule has 0 spiro atoms. The van der Waals surface area contributed by atoms with Crippen LogP contribution in [0, 0.1) is 0 Å². The Morgan fingerprint density at radius 2 is 1.75 bits per heavy atom. The first-order valence-electron chi connectivity index (χ1n) is 7.93. The Balaban J connectivity index is 2.07. The largest absolute Gasteiger partial charge is 0.461 e. The SMILES string of the molecule is CC(C)(C)OOC(C)(CC(=O)c1ccccc1)C(=O)OCC1CO1. The smallest absolute Gasteiger partial charge is 0.342 e. The second-order valence-electron chi connectivity index (χ2n) is 7.03. The van der Waals surface area contributed by atoms with Gasteiger partial charge in [0.05, 0.1) is 18.6 Å². The summed E-state index contributed by atoms with van der Waals surface area (Å²) in [6.45, 7) is 7.58. The fraction of sp³-hybridized carbons (Fsp3) is 0.556. The second kappa shape index (κ2) is 7.42. The van der Waals surface area contributed by atoms with Crippen LogP contribution in [0.1, 0.15) is 44.5 Å². The lowest BCUT2D eigenvalue weighted by atomic mass is 9.95. The molecule has 24 heavy (non-hydrogen) atoms. The van der Waals surface area contributed by atoms with Crippen LogP contribution in [-0.2, 0) is 24.0 Å². The van der Waals surface area contributed by atoms with Gasteiger partial charge in [-0.2, -0.15) is 0 Å². The van der Waals surface area contributed by atoms with Crippen LogP contribution >= 0.6 is 0 Å². The Bertz CT molecular complexity index is 573. The first kappa shape index (κ1) is 18.6. The number of epoxide rings is 1. The lowest BCUT2D eigenvalue weighted by Gasteiger charge is -2.29. The highest BCUT2D eigenvalue weighted by Gasteiger charge is 2.42. The van der Waals surface area contributed by atoms with E-state index < -0.39 is 17.2 Å². The Labute approximate surface area is 142 Å². The maximum absolute atomic E-state index is 12.5. The summed E-state index contributed by atoms with van der Waals surface area (Å²) in [5.74, 6) is -0.873. The van der Waals surface area contributed by atoms with Crippen LogP contribution in [0.15, 0.2) is 30.3 Å². The molecule has 132 valence electrons. The number of carbonyl (C=O) groups excluding carboxylic acids is 2. The van der Waals surface area contributed by atoms with Gasteiger partial charge in [-0.15, -0.1) is 0 Å². The summed E-state index contributed by atoms with van der Waals surface area (Å²) < 4.78 is 10.2. The van der Waals surface area contributed by atoms with Gasteiger partial charge in [-0.1, -0.05) is 30.3 Å². The molecule has 1 saturated heterocycles. The predicted octanol–water partition coefficient (Wildman–Crippen LogP) is 2.71. The van der Waals surface area contributed by atoms with Crippen LogP contribution < -0.4 is 0 Å². The van der Waals surface area contributed by atoms with Crippen molar-refractivity contribution in [2.24, 2.45) is 0 Å². The summed E-state index contributed by atoms with van der Waals surface area (Å²) in [6, 6.07) is 8.73. The molecule has 2 atom stereocenters. The van der Waals surface area contributed by atoms with Crippen LogP contribution in [0.2, 0.25) is 0 Å². The van der Waals surface area contributed by atoms with Crippen molar-refractivity contribution in [3.63, 3.8) is 0 Å². The van der Waals surface area contributed by atoms with Gasteiger partial charge in [0, 0.05) is 5.56 Å². The molecule has 0 aromatic heterocycles. The molecule has 1 aromatic rings. The average molecular weight is 336 g/mol. The summed E-state index contributed by atoms with van der Waals surface area (Å²) in [4.78, 5) is 35.6. The lowest BCUT2D eigenvalue weighted by molar-refractivity contribution is -0.392. The fourth-order valence-corrected chi connectivity index (χ4v) is 1.87. The van der Waals surface area contributed by atoms with Crippen molar-refractivity contribution in [1.29, 1.82) is 0 Å². The van der Waals surface area contributed by atoms with Gasteiger partial charge in [-0.05, 0) is 27.7 Å². The quantitative estimate of drug-likeness (QED) is 0.239. The molecule has 0 radical (unpaired) electrons. The summed E-state index contributed by atoms with van der Waals surface area (Å²) in [7, 11) is 0. The minimum absolute atomic E-state index is 0.0634. The Kier molecular flexibility index (Phi) is 5.74. The molecule has 2 unspecified atom stereocenters. The van der Waals surface area contributed by atoms with E-state index in [9.17, 15) is 9.59 Å². The highest BCUT2D eigenvalue weighted by molar-refractivity contribution is 5.99. The number of esters is 1. The van der Waals surface area contributed by atoms with Crippen LogP contribution in [0.4, 0.5) is 0 Å². The first-order chi connectivity index (χ1) is 11.2. The number of hydrogen-bond acceptors (Lipinski definition) is 6. The molecular formula is C18H24O6. The lowest BCUT2D eigenvalue weighted by Crippen LogP contribution is -2.44. The molecule has 1 fully saturated rings. The molecule has 6 heteroatoms. The Morgan fingerprint density at radius 3 is 2.29 bits per heavy atom. The van der Waals surface area contributed by atoms with E-state index in [1.165, 1.54) is 6.92 Å². The maximum atomic E-state index is 12.5. The van der Waals surface area contributed by atoms with Crippen molar-refractivity contribution in [1.82, 2.24) is 0 Å². The molecule has 2 rings (SSSR count). The number of carbonyl (C=O) groups is 2. The molecule has 0 amide bonds. The third-order valence-electron chi connectivity index (χ3n) is 3.30. The summed E-state index contributed by atoms with van der Waals surface area (Å²) in [6.07, 6.45) is -0.246. The van der Waals surface area contributed by atoms with E-state index in [1.807, 2.05) is 6.07 Å². The molecular weight excluding hydrogens is 312 g/mol. The minimum Gasteiger partial charge on any atom is -0.461 e. The summed E-state index contributed by atoms with van der Waals surface area (Å²) in [5, 5.41) is 0. The fourth-order valence-electron chi connectivity index (χ4n) is 1.87. The van der Waals surface area contributed by atoms with E-state index in [0.717, 1.165) is 0 Å². The summed E-state index contributed by atoms with van der Waals surface area (Å²) in [5.41, 5.74) is -1.66. The van der Waals surface area contributed by atoms with Gasteiger partial charge in [0.15, 0.2) is 5.78 Å². The molecule has 0 N–H and O–H groups in total. The van der Waals surface area contributed by atoms with E-state index in [1.54, 1.807) is 45.0 Å². The van der Waals surface area contributed by atoms with Crippen molar-refractivity contribution in [2.45, 2.75) is 51.4 Å². The zero-order valence-corrected chi connectivity index (χ0v) is 14.5. The van der Waals surface area contributed by atoms with Crippen molar-refractivity contribution < 1.29 is 28.8 Å². The molecule has 1 aromatic carbocycles. The average Bonchev–Trinajstić information content (AvgIpc) is 3.35. The van der Waals surface area contributed by atoms with E-state index in [4.69, 9.17) is 19.2 Å². The van der Waals surface area contributed by atoms with E-state index in [0.29, 0.717) is 12.2 Å². The molecule has 1 aliphatic rings. The monoisotopic (exact) mass is 336 g/mol. The van der Waals surface area contributed by atoms with Crippen LogP contribution in [0.3, 0.4) is 0 Å². The van der Waals surface area contributed by atoms with E-state index in [2.05, 4.69) is 0 Å². The third kappa shape index (κ3) is 5.70. The highest BCUT2D eigenvalue weighted by atomic mass is 17.2. The van der Waals surface area contributed by atoms with Crippen molar-refractivity contribution in [3.8, 4) is 0 Å². The van der Waals surface area contributed by atoms with Gasteiger partial charge in [-0.3, -0.25) is 4.79 Å². The van der Waals surface area contributed by atoms with Crippen LogP contribution in [0.5, 0.6) is 0 Å². The van der Waals surface area contributed by atoms with Gasteiger partial charge < -0.3 is 9.47 Å². The second-order valence-corrected chi connectivity index (χ2v) is 7.03. The zero-order valence-electron chi connectivity index (χ0n) is 14.5. The normalized spacial score (nSPS) is 19.4. The Morgan fingerprint density at radius 1 is 1.12 bits per heavy atom. The van der Waals surface area contributed by atoms with Gasteiger partial charge in [0.1, 0.15) is 12.7 Å². The van der Waals surface area contributed by atoms with Crippen LogP contribution in [0.25, 0.3) is 0 Å². The van der Waals surface area contributed by atoms with E-state index in [-0.39, 0.29) is 24.9 Å². The van der Waals surface area contributed by atoms with Crippen molar-refractivity contribution in [2.75, 3.05) is 13.2 Å². The van der Waals surface area contributed by atoms with Crippen molar-refractivity contribution in [3.05, 3.63) is 35.9 Å². The molecule has 0 bridgehead atoms. The van der Waals surface area contributed by atoms with E-state index >= 15 is 0 Å². The molecule has 6 nitrogen and oxygen atoms in total. The molecule has 0 aliphatic carbocycles. The topological polar surface area (TPSA) is 74.4 Å². The number of hydrogen-bond donors (Lipinski definition) is 0. The summed E-state index contributed by atoms with van der Waals surface area (Å²) >= 11 is 0. The minimum atomic E-state index is -1.53. The van der Waals surface area contributed by atoms with Gasteiger partial charge >= 0.3 is 5.97 Å². The number of ether oxygens (including phenoxy) is 2. The number of rotatable bonds is 8. The first-order valence-corrected chi connectivity index (χ1v) is 7.93. The van der Waals surface area contributed by atoms with Gasteiger partial charge in [0.2, 0.25) is 5.60 Å². The molecule has 0 saturated carbocycles. The predicted molar refractivity (Wildman–Crippen MR) is 86.4 cm³/mol. The Hall–Kier alpha value is -1.76.